The molecule has 0 aliphatic carbocycles. The number of rotatable bonds is 7. The first-order valence-electron chi connectivity index (χ1n) is 11.5. The van der Waals surface area contributed by atoms with Gasteiger partial charge in [-0.3, -0.25) is 4.72 Å². The van der Waals surface area contributed by atoms with E-state index >= 15 is 0 Å². The Bertz CT molecular complexity index is 1760. The number of fused-ring (bicyclic) bond motifs is 1. The van der Waals surface area contributed by atoms with Gasteiger partial charge in [0.1, 0.15) is 22.2 Å². The van der Waals surface area contributed by atoms with Crippen molar-refractivity contribution in [1.29, 1.82) is 0 Å². The maximum atomic E-state index is 14.2. The molecule has 2 aromatic heterocycles. The van der Waals surface area contributed by atoms with E-state index in [1.165, 1.54) is 19.4 Å². The smallest absolute Gasteiger partial charge is 0.264 e. The summed E-state index contributed by atoms with van der Waals surface area (Å²) in [5.74, 6) is -1.77. The summed E-state index contributed by atoms with van der Waals surface area (Å²) in [6, 6.07) is 19.0. The Morgan fingerprint density at radius 1 is 1.00 bits per heavy atom. The summed E-state index contributed by atoms with van der Waals surface area (Å²) in [6.07, 6.45) is 1.53. The third-order valence-corrected chi connectivity index (χ3v) is 7.59. The number of nitrogen functional groups attached to an aromatic ring is 1. The van der Waals surface area contributed by atoms with Crippen molar-refractivity contribution >= 4 is 32.7 Å². The monoisotopic (exact) mass is 535 g/mol. The lowest BCUT2D eigenvalue weighted by molar-refractivity contribution is 0.400. The fourth-order valence-electron chi connectivity index (χ4n) is 4.32. The molecule has 5 rings (SSSR count). The number of nitrogens with one attached hydrogen (secondary N) is 1. The predicted octanol–water partition coefficient (Wildman–Crippen LogP) is 5.38. The van der Waals surface area contributed by atoms with E-state index in [1.807, 2.05) is 60.0 Å². The quantitative estimate of drug-likeness (QED) is 0.290. The Hall–Kier alpha value is -4.51. The largest absolute Gasteiger partial charge is 0.480 e. The maximum absolute atomic E-state index is 14.2. The Morgan fingerprint density at radius 3 is 2.47 bits per heavy atom. The van der Waals surface area contributed by atoms with Crippen LogP contribution in [0, 0.1) is 11.6 Å². The highest BCUT2D eigenvalue weighted by Crippen LogP contribution is 2.34. The molecule has 0 aliphatic heterocycles. The normalized spacial score (nSPS) is 12.4. The van der Waals surface area contributed by atoms with Gasteiger partial charge in [0.25, 0.3) is 10.0 Å². The van der Waals surface area contributed by atoms with E-state index in [0.717, 1.165) is 23.2 Å². The van der Waals surface area contributed by atoms with Crippen molar-refractivity contribution in [3.63, 3.8) is 0 Å². The molecule has 3 N–H and O–H groups in total. The van der Waals surface area contributed by atoms with Gasteiger partial charge in [0.15, 0.2) is 0 Å². The van der Waals surface area contributed by atoms with Crippen LogP contribution >= 0.6 is 0 Å². The SMILES string of the molecule is COc1ncc(-c2ccc3nc(N)n(C(C)c4ccccc4)c3c2)cc1NS(=O)(=O)c1ccc(F)cc1F. The second-order valence-electron chi connectivity index (χ2n) is 8.59. The van der Waals surface area contributed by atoms with Gasteiger partial charge < -0.3 is 15.0 Å². The Kier molecular flexibility index (Phi) is 6.45. The maximum Gasteiger partial charge on any atom is 0.264 e. The highest BCUT2D eigenvalue weighted by atomic mass is 32.2. The summed E-state index contributed by atoms with van der Waals surface area (Å²) >= 11 is 0. The van der Waals surface area contributed by atoms with Gasteiger partial charge in [-0.25, -0.2) is 27.2 Å². The molecule has 0 saturated heterocycles. The van der Waals surface area contributed by atoms with Gasteiger partial charge in [0, 0.05) is 17.8 Å². The van der Waals surface area contributed by atoms with E-state index in [1.54, 1.807) is 0 Å². The minimum absolute atomic E-state index is 0.0144. The van der Waals surface area contributed by atoms with Gasteiger partial charge in [0.2, 0.25) is 11.8 Å². The highest BCUT2D eigenvalue weighted by Gasteiger charge is 2.23. The van der Waals surface area contributed by atoms with E-state index in [9.17, 15) is 17.2 Å². The van der Waals surface area contributed by atoms with Crippen molar-refractivity contribution in [2.24, 2.45) is 0 Å². The number of hydrogen-bond acceptors (Lipinski definition) is 6. The minimum atomic E-state index is -4.41. The fraction of sp³-hybridized carbons (Fsp3) is 0.111. The first-order valence-corrected chi connectivity index (χ1v) is 13.0. The average molecular weight is 536 g/mol. The van der Waals surface area contributed by atoms with Crippen molar-refractivity contribution in [1.82, 2.24) is 14.5 Å². The number of sulfonamides is 1. The second kappa shape index (κ2) is 9.75. The van der Waals surface area contributed by atoms with E-state index in [0.29, 0.717) is 28.7 Å². The summed E-state index contributed by atoms with van der Waals surface area (Å²) in [5, 5.41) is 0. The van der Waals surface area contributed by atoms with Crippen molar-refractivity contribution in [3.8, 4) is 17.0 Å². The number of imidazole rings is 1. The van der Waals surface area contributed by atoms with Gasteiger partial charge in [-0.2, -0.15) is 0 Å². The lowest BCUT2D eigenvalue weighted by Crippen LogP contribution is -2.15. The molecule has 0 saturated carbocycles. The van der Waals surface area contributed by atoms with Gasteiger partial charge in [-0.15, -0.1) is 0 Å². The predicted molar refractivity (Wildman–Crippen MR) is 141 cm³/mol. The molecule has 1 unspecified atom stereocenters. The summed E-state index contributed by atoms with van der Waals surface area (Å²) in [7, 11) is -3.08. The number of hydrogen-bond donors (Lipinski definition) is 2. The molecule has 8 nitrogen and oxygen atoms in total. The molecule has 0 spiro atoms. The molecule has 0 radical (unpaired) electrons. The number of nitrogens with zero attached hydrogens (tertiary/aromatic N) is 3. The van der Waals surface area contributed by atoms with Gasteiger partial charge in [0.05, 0.1) is 24.2 Å². The third-order valence-electron chi connectivity index (χ3n) is 6.19. The number of methoxy groups -OCH3 is 1. The number of aromatic nitrogens is 3. The molecule has 11 heteroatoms. The van der Waals surface area contributed by atoms with Gasteiger partial charge >= 0.3 is 0 Å². The average Bonchev–Trinajstić information content (AvgIpc) is 3.23. The van der Waals surface area contributed by atoms with Crippen molar-refractivity contribution < 1.29 is 21.9 Å². The molecule has 0 aliphatic rings. The first-order chi connectivity index (χ1) is 18.2. The molecular weight excluding hydrogens is 512 g/mol. The van der Waals surface area contributed by atoms with Crippen LogP contribution in [0.3, 0.4) is 0 Å². The number of benzene rings is 3. The zero-order valence-electron chi connectivity index (χ0n) is 20.4. The first kappa shape index (κ1) is 25.2. The zero-order chi connectivity index (χ0) is 27.0. The van der Waals surface area contributed by atoms with Crippen LogP contribution in [0.4, 0.5) is 20.4 Å². The number of anilines is 2. The van der Waals surface area contributed by atoms with Crippen LogP contribution < -0.4 is 15.2 Å². The minimum Gasteiger partial charge on any atom is -0.480 e. The van der Waals surface area contributed by atoms with Crippen molar-refractivity contribution in [2.75, 3.05) is 17.6 Å². The topological polar surface area (TPSA) is 112 Å². The van der Waals surface area contributed by atoms with E-state index in [-0.39, 0.29) is 17.6 Å². The molecule has 0 fully saturated rings. The van der Waals surface area contributed by atoms with Crippen LogP contribution in [0.15, 0.2) is 83.9 Å². The molecule has 5 aromatic rings. The second-order valence-corrected chi connectivity index (χ2v) is 10.2. The Balaban J connectivity index is 1.56. The number of pyridine rings is 1. The fourth-order valence-corrected chi connectivity index (χ4v) is 5.43. The molecule has 1 atom stereocenters. The van der Waals surface area contributed by atoms with Crippen molar-refractivity contribution in [2.45, 2.75) is 17.9 Å². The summed E-state index contributed by atoms with van der Waals surface area (Å²) in [4.78, 5) is 8.01. The summed E-state index contributed by atoms with van der Waals surface area (Å²) in [6.45, 7) is 2.02. The van der Waals surface area contributed by atoms with E-state index < -0.39 is 26.6 Å². The van der Waals surface area contributed by atoms with Gasteiger partial charge in [-0.1, -0.05) is 36.4 Å². The van der Waals surface area contributed by atoms with E-state index in [4.69, 9.17) is 10.5 Å². The Labute approximate surface area is 217 Å². The molecule has 0 amide bonds. The highest BCUT2D eigenvalue weighted by molar-refractivity contribution is 7.92. The standard InChI is InChI=1S/C27H23F2N5O3S/c1-16(17-6-4-3-5-7-17)34-24-13-18(8-10-22(24)32-27(34)30)19-12-23(26(37-2)31-15-19)33-38(35,36)25-11-9-20(28)14-21(25)29/h3-16,33H,1-2H3,(H2,30,32). The summed E-state index contributed by atoms with van der Waals surface area (Å²) < 4.78 is 62.8. The van der Waals surface area contributed by atoms with E-state index in [2.05, 4.69) is 14.7 Å². The number of ether oxygens (including phenoxy) is 1. The van der Waals surface area contributed by atoms with Crippen LogP contribution in [0.5, 0.6) is 5.88 Å². The van der Waals surface area contributed by atoms with Crippen LogP contribution in [0.2, 0.25) is 0 Å². The molecule has 194 valence electrons. The van der Waals surface area contributed by atoms with Gasteiger partial charge in [-0.05, 0) is 48.4 Å². The van der Waals surface area contributed by atoms with Crippen LogP contribution in [-0.4, -0.2) is 30.1 Å². The zero-order valence-corrected chi connectivity index (χ0v) is 21.2. The molecule has 3 aromatic carbocycles. The summed E-state index contributed by atoms with van der Waals surface area (Å²) in [5.41, 5.74) is 10.1. The van der Waals surface area contributed by atoms with Crippen LogP contribution in [0.1, 0.15) is 18.5 Å². The Morgan fingerprint density at radius 2 is 1.76 bits per heavy atom. The number of halogens is 2. The molecule has 38 heavy (non-hydrogen) atoms. The van der Waals surface area contributed by atoms with Crippen LogP contribution in [0.25, 0.3) is 22.2 Å². The van der Waals surface area contributed by atoms with Crippen LogP contribution in [-0.2, 0) is 10.0 Å². The van der Waals surface area contributed by atoms with Crippen molar-refractivity contribution in [3.05, 3.63) is 96.2 Å². The lowest BCUT2D eigenvalue weighted by atomic mass is 10.1. The lowest BCUT2D eigenvalue weighted by Gasteiger charge is -2.17. The number of nitrogens with two attached hydrogens (primary N) is 1. The molecule has 0 bridgehead atoms. The molecule has 2 heterocycles. The molecular formula is C27H23F2N5O3S. The third kappa shape index (κ3) is 4.63.